The Morgan fingerprint density at radius 2 is 0.784 bits per heavy atom. The molecule has 4 nitrogen and oxygen atoms in total. The minimum atomic E-state index is 0.608. The van der Waals surface area contributed by atoms with Gasteiger partial charge in [-0.25, -0.2) is 15.0 Å². The summed E-state index contributed by atoms with van der Waals surface area (Å²) in [5, 5.41) is 6.98. The molecule has 10 rings (SSSR count). The molecule has 4 heteroatoms. The summed E-state index contributed by atoms with van der Waals surface area (Å²) in [6, 6.07) is 61.2. The van der Waals surface area contributed by atoms with E-state index in [4.69, 9.17) is 19.4 Å². The molecular formula is C47H29N3O. The molecule has 0 saturated heterocycles. The third-order valence-electron chi connectivity index (χ3n) is 9.73. The van der Waals surface area contributed by atoms with E-state index in [2.05, 4.69) is 115 Å². The summed E-state index contributed by atoms with van der Waals surface area (Å²) in [7, 11) is 0. The Morgan fingerprint density at radius 3 is 1.45 bits per heavy atom. The van der Waals surface area contributed by atoms with E-state index in [-0.39, 0.29) is 0 Å². The van der Waals surface area contributed by atoms with E-state index in [1.807, 2.05) is 60.7 Å². The summed E-state index contributed by atoms with van der Waals surface area (Å²) >= 11 is 0. The maximum atomic E-state index is 6.20. The second-order valence-electron chi connectivity index (χ2n) is 12.8. The van der Waals surface area contributed by atoms with Gasteiger partial charge in [-0.05, 0) is 68.1 Å². The average Bonchev–Trinajstić information content (AvgIpc) is 3.60. The van der Waals surface area contributed by atoms with Crippen molar-refractivity contribution in [2.75, 3.05) is 0 Å². The number of furan rings is 1. The molecule has 0 saturated carbocycles. The molecule has 2 heterocycles. The van der Waals surface area contributed by atoms with Gasteiger partial charge >= 0.3 is 0 Å². The topological polar surface area (TPSA) is 51.8 Å². The number of fused-ring (bicyclic) bond motifs is 6. The van der Waals surface area contributed by atoms with Crippen LogP contribution < -0.4 is 0 Å². The molecule has 0 fully saturated rings. The Hall–Kier alpha value is -6.91. The van der Waals surface area contributed by atoms with Crippen molar-refractivity contribution >= 4 is 43.5 Å². The van der Waals surface area contributed by atoms with Crippen molar-refractivity contribution in [1.29, 1.82) is 0 Å². The van der Waals surface area contributed by atoms with Crippen LogP contribution in [0, 0.1) is 0 Å². The van der Waals surface area contributed by atoms with Crippen molar-refractivity contribution in [1.82, 2.24) is 15.0 Å². The zero-order valence-electron chi connectivity index (χ0n) is 27.5. The fourth-order valence-electron chi connectivity index (χ4n) is 7.15. The monoisotopic (exact) mass is 651 g/mol. The molecule has 10 aromatic rings. The Morgan fingerprint density at radius 1 is 0.314 bits per heavy atom. The van der Waals surface area contributed by atoms with Gasteiger partial charge in [-0.3, -0.25) is 0 Å². The van der Waals surface area contributed by atoms with Gasteiger partial charge in [0.1, 0.15) is 11.2 Å². The molecular weight excluding hydrogens is 623 g/mol. The van der Waals surface area contributed by atoms with Gasteiger partial charge < -0.3 is 4.42 Å². The molecule has 0 spiro atoms. The van der Waals surface area contributed by atoms with Crippen LogP contribution in [0.2, 0.25) is 0 Å². The molecule has 238 valence electrons. The van der Waals surface area contributed by atoms with E-state index < -0.39 is 0 Å². The average molecular weight is 652 g/mol. The summed E-state index contributed by atoms with van der Waals surface area (Å²) in [4.78, 5) is 15.1. The first-order valence-corrected chi connectivity index (χ1v) is 17.1. The van der Waals surface area contributed by atoms with Crippen LogP contribution in [-0.2, 0) is 0 Å². The minimum absolute atomic E-state index is 0.608. The van der Waals surface area contributed by atoms with E-state index in [9.17, 15) is 0 Å². The Balaban J connectivity index is 1.08. The highest BCUT2D eigenvalue weighted by molar-refractivity contribution is 6.12. The highest BCUT2D eigenvalue weighted by Gasteiger charge is 2.18. The predicted molar refractivity (Wildman–Crippen MR) is 209 cm³/mol. The smallest absolute Gasteiger partial charge is 0.164 e. The minimum Gasteiger partial charge on any atom is -0.456 e. The van der Waals surface area contributed by atoms with Gasteiger partial charge in [-0.2, -0.15) is 0 Å². The number of rotatable bonds is 5. The van der Waals surface area contributed by atoms with Gasteiger partial charge in [0.05, 0.1) is 0 Å². The van der Waals surface area contributed by atoms with Crippen LogP contribution in [-0.4, -0.2) is 15.0 Å². The molecule has 0 aliphatic rings. The van der Waals surface area contributed by atoms with E-state index in [0.29, 0.717) is 17.5 Å². The number of benzene rings is 8. The lowest BCUT2D eigenvalue weighted by Crippen LogP contribution is -2.00. The van der Waals surface area contributed by atoms with E-state index in [0.717, 1.165) is 49.8 Å². The molecule has 0 aliphatic carbocycles. The van der Waals surface area contributed by atoms with Gasteiger partial charge in [-0.15, -0.1) is 0 Å². The normalized spacial score (nSPS) is 11.5. The third-order valence-corrected chi connectivity index (χ3v) is 9.73. The molecule has 51 heavy (non-hydrogen) atoms. The molecule has 0 N–H and O–H groups in total. The van der Waals surface area contributed by atoms with Crippen molar-refractivity contribution < 1.29 is 4.42 Å². The Bertz CT molecular complexity index is 2900. The highest BCUT2D eigenvalue weighted by Crippen LogP contribution is 2.37. The van der Waals surface area contributed by atoms with Crippen LogP contribution in [0.25, 0.3) is 99.9 Å². The lowest BCUT2D eigenvalue weighted by atomic mass is 9.94. The largest absolute Gasteiger partial charge is 0.456 e. The number of nitrogens with zero attached hydrogens (tertiary/aromatic N) is 3. The Labute approximate surface area is 294 Å². The number of para-hydroxylation sites is 1. The van der Waals surface area contributed by atoms with Crippen LogP contribution in [0.3, 0.4) is 0 Å². The first-order chi connectivity index (χ1) is 25.2. The summed E-state index contributed by atoms with van der Waals surface area (Å²) in [6.07, 6.45) is 0. The van der Waals surface area contributed by atoms with Gasteiger partial charge in [0.15, 0.2) is 17.5 Å². The number of aromatic nitrogens is 3. The maximum Gasteiger partial charge on any atom is 0.164 e. The lowest BCUT2D eigenvalue weighted by molar-refractivity contribution is 0.669. The van der Waals surface area contributed by atoms with Crippen LogP contribution in [0.1, 0.15) is 0 Å². The first-order valence-electron chi connectivity index (χ1n) is 17.1. The summed E-state index contributed by atoms with van der Waals surface area (Å²) in [6.45, 7) is 0. The van der Waals surface area contributed by atoms with Gasteiger partial charge in [0.2, 0.25) is 0 Å². The van der Waals surface area contributed by atoms with E-state index in [1.54, 1.807) is 0 Å². The fraction of sp³-hybridized carbons (Fsp3) is 0. The standard InChI is InChI=1S/C47H29N3O/c1-3-10-30(11-4-1)36-26-22-32-20-21-33-23-27-37(29-41(33)40(32)28-36)31-18-24-35(25-19-31)46-48-45(34-12-5-2-6-13-34)49-47(50-46)39-15-9-17-43-44(39)38-14-7-8-16-42(38)51-43/h1-29H. The van der Waals surface area contributed by atoms with E-state index >= 15 is 0 Å². The maximum absolute atomic E-state index is 6.20. The summed E-state index contributed by atoms with van der Waals surface area (Å²) < 4.78 is 6.20. The molecule has 8 aromatic carbocycles. The summed E-state index contributed by atoms with van der Waals surface area (Å²) in [5.74, 6) is 1.85. The summed E-state index contributed by atoms with van der Waals surface area (Å²) in [5.41, 5.74) is 9.13. The second kappa shape index (κ2) is 11.9. The quantitative estimate of drug-likeness (QED) is 0.174. The van der Waals surface area contributed by atoms with Crippen LogP contribution in [0.15, 0.2) is 180 Å². The molecule has 0 atom stereocenters. The number of hydrogen-bond donors (Lipinski definition) is 0. The predicted octanol–water partition coefficient (Wildman–Crippen LogP) is 12.4. The highest BCUT2D eigenvalue weighted by atomic mass is 16.3. The van der Waals surface area contributed by atoms with Gasteiger partial charge in [-0.1, -0.05) is 152 Å². The second-order valence-corrected chi connectivity index (χ2v) is 12.8. The zero-order chi connectivity index (χ0) is 33.7. The molecule has 0 radical (unpaired) electrons. The van der Waals surface area contributed by atoms with E-state index in [1.165, 1.54) is 32.7 Å². The molecule has 0 unspecified atom stereocenters. The molecule has 0 amide bonds. The SMILES string of the molecule is c1ccc(-c2ccc3ccc4ccc(-c5ccc(-c6nc(-c7ccccc7)nc(-c7cccc8oc9ccccc9c78)n6)cc5)cc4c3c2)cc1. The lowest BCUT2D eigenvalue weighted by Gasteiger charge is -2.11. The Kier molecular flexibility index (Phi) is 6.78. The van der Waals surface area contributed by atoms with Gasteiger partial charge in [0.25, 0.3) is 0 Å². The molecule has 0 aliphatic heterocycles. The third kappa shape index (κ3) is 5.13. The van der Waals surface area contributed by atoms with Crippen LogP contribution in [0.4, 0.5) is 0 Å². The van der Waals surface area contributed by atoms with Crippen molar-refractivity contribution in [3.63, 3.8) is 0 Å². The van der Waals surface area contributed by atoms with Crippen LogP contribution in [0.5, 0.6) is 0 Å². The fourth-order valence-corrected chi connectivity index (χ4v) is 7.15. The van der Waals surface area contributed by atoms with Crippen molar-refractivity contribution in [2.24, 2.45) is 0 Å². The van der Waals surface area contributed by atoms with Crippen molar-refractivity contribution in [3.8, 4) is 56.4 Å². The van der Waals surface area contributed by atoms with Crippen LogP contribution >= 0.6 is 0 Å². The van der Waals surface area contributed by atoms with Gasteiger partial charge in [0, 0.05) is 27.5 Å². The first kappa shape index (κ1) is 29.0. The number of hydrogen-bond acceptors (Lipinski definition) is 4. The van der Waals surface area contributed by atoms with Crippen molar-refractivity contribution in [2.45, 2.75) is 0 Å². The zero-order valence-corrected chi connectivity index (χ0v) is 27.5. The van der Waals surface area contributed by atoms with Crippen molar-refractivity contribution in [3.05, 3.63) is 176 Å². The molecule has 2 aromatic heterocycles. The molecule has 0 bridgehead atoms.